The molecule has 8 nitrogen and oxygen atoms in total. The third-order valence-electron chi connectivity index (χ3n) is 5.90. The van der Waals surface area contributed by atoms with Gasteiger partial charge in [0.2, 0.25) is 11.8 Å². The molecule has 0 radical (unpaired) electrons. The largest absolute Gasteiger partial charge is 0.484 e. The number of rotatable bonds is 11. The van der Waals surface area contributed by atoms with E-state index in [9.17, 15) is 9.59 Å². The van der Waals surface area contributed by atoms with Crippen molar-refractivity contribution in [1.29, 1.82) is 0 Å². The summed E-state index contributed by atoms with van der Waals surface area (Å²) in [6.07, 6.45) is 4.55. The van der Waals surface area contributed by atoms with Gasteiger partial charge in [-0.1, -0.05) is 47.6 Å². The summed E-state index contributed by atoms with van der Waals surface area (Å²) < 4.78 is 10.9. The highest BCUT2D eigenvalue weighted by Gasteiger charge is 2.20. The number of carbonyl (C=O) groups excluding carboxylic acids is 2. The van der Waals surface area contributed by atoms with E-state index in [1.807, 2.05) is 59.5 Å². The van der Waals surface area contributed by atoms with Crippen molar-refractivity contribution in [2.45, 2.75) is 38.7 Å². The lowest BCUT2D eigenvalue weighted by atomic mass is 10.1. The predicted molar refractivity (Wildman–Crippen MR) is 134 cm³/mol. The van der Waals surface area contributed by atoms with Gasteiger partial charge in [0, 0.05) is 26.6 Å². The Morgan fingerprint density at radius 1 is 0.971 bits per heavy atom. The fourth-order valence-electron chi connectivity index (χ4n) is 3.73. The van der Waals surface area contributed by atoms with Gasteiger partial charge in [-0.2, -0.15) is 0 Å². The first-order valence-electron chi connectivity index (χ1n) is 12.1. The Labute approximate surface area is 207 Å². The SMILES string of the molecule is COC(CCc1ccc(OCC(=O)N(C)CC(=O)N2CCCCC2)cc1)=NOCc1ccccc1. The number of aryl methyl sites for hydroxylation is 1. The van der Waals surface area contributed by atoms with Crippen LogP contribution in [-0.4, -0.2) is 67.9 Å². The number of hydrogen-bond acceptors (Lipinski definition) is 6. The Bertz CT molecular complexity index is 957. The fraction of sp³-hybridized carbons (Fsp3) is 0.444. The van der Waals surface area contributed by atoms with Gasteiger partial charge >= 0.3 is 0 Å². The summed E-state index contributed by atoms with van der Waals surface area (Å²) in [4.78, 5) is 33.4. The van der Waals surface area contributed by atoms with Crippen molar-refractivity contribution < 1.29 is 23.9 Å². The average molecular weight is 482 g/mol. The maximum atomic E-state index is 12.4. The van der Waals surface area contributed by atoms with Crippen LogP contribution in [0.2, 0.25) is 0 Å². The Balaban J connectivity index is 1.38. The molecule has 1 fully saturated rings. The fourth-order valence-corrected chi connectivity index (χ4v) is 3.73. The van der Waals surface area contributed by atoms with Gasteiger partial charge in [-0.05, 0) is 48.9 Å². The van der Waals surface area contributed by atoms with Gasteiger partial charge in [0.1, 0.15) is 12.4 Å². The minimum absolute atomic E-state index is 0.00524. The smallest absolute Gasteiger partial charge is 0.260 e. The molecule has 3 rings (SSSR count). The second-order valence-electron chi connectivity index (χ2n) is 8.57. The first-order valence-corrected chi connectivity index (χ1v) is 12.1. The number of nitrogens with zero attached hydrogens (tertiary/aromatic N) is 3. The number of likely N-dealkylation sites (N-methyl/N-ethyl adjacent to an activating group) is 1. The molecule has 8 heteroatoms. The average Bonchev–Trinajstić information content (AvgIpc) is 2.90. The Kier molecular flexibility index (Phi) is 10.4. The zero-order valence-electron chi connectivity index (χ0n) is 20.7. The summed E-state index contributed by atoms with van der Waals surface area (Å²) in [6, 6.07) is 17.4. The number of hydrogen-bond donors (Lipinski definition) is 0. The molecule has 1 saturated heterocycles. The molecule has 0 aliphatic carbocycles. The molecule has 0 atom stereocenters. The van der Waals surface area contributed by atoms with Crippen molar-refractivity contribution >= 4 is 17.7 Å². The van der Waals surface area contributed by atoms with Crippen LogP contribution in [0.3, 0.4) is 0 Å². The van der Waals surface area contributed by atoms with Crippen molar-refractivity contribution in [2.75, 3.05) is 40.4 Å². The molecule has 0 N–H and O–H groups in total. The number of amides is 2. The van der Waals surface area contributed by atoms with Gasteiger partial charge in [-0.25, -0.2) is 0 Å². The molecule has 35 heavy (non-hydrogen) atoms. The first-order chi connectivity index (χ1) is 17.0. The number of benzene rings is 2. The zero-order chi connectivity index (χ0) is 24.9. The van der Waals surface area contributed by atoms with Crippen LogP contribution in [0, 0.1) is 0 Å². The second kappa shape index (κ2) is 14.0. The van der Waals surface area contributed by atoms with E-state index in [1.165, 1.54) is 4.90 Å². The maximum Gasteiger partial charge on any atom is 0.260 e. The highest BCUT2D eigenvalue weighted by Crippen LogP contribution is 2.14. The Morgan fingerprint density at radius 3 is 2.37 bits per heavy atom. The number of likely N-dealkylation sites (tertiary alicyclic amines) is 1. The minimum atomic E-state index is -0.226. The molecule has 1 aliphatic heterocycles. The number of carbonyl (C=O) groups is 2. The molecule has 0 spiro atoms. The monoisotopic (exact) mass is 481 g/mol. The Morgan fingerprint density at radius 2 is 1.69 bits per heavy atom. The minimum Gasteiger partial charge on any atom is -0.484 e. The van der Waals surface area contributed by atoms with E-state index in [-0.39, 0.29) is 25.0 Å². The van der Waals surface area contributed by atoms with E-state index in [1.54, 1.807) is 14.2 Å². The van der Waals surface area contributed by atoms with E-state index < -0.39 is 0 Å². The lowest BCUT2D eigenvalue weighted by molar-refractivity contribution is -0.140. The first kappa shape index (κ1) is 26.1. The van der Waals surface area contributed by atoms with Crippen LogP contribution < -0.4 is 4.74 Å². The molecule has 0 aromatic heterocycles. The molecule has 1 heterocycles. The number of oxime groups is 1. The Hall–Kier alpha value is -3.55. The normalized spacial score (nSPS) is 13.8. The highest BCUT2D eigenvalue weighted by molar-refractivity contribution is 5.85. The van der Waals surface area contributed by atoms with Crippen molar-refractivity contribution in [3.63, 3.8) is 0 Å². The van der Waals surface area contributed by atoms with Gasteiger partial charge in [0.25, 0.3) is 5.91 Å². The third kappa shape index (κ3) is 8.96. The molecule has 0 saturated carbocycles. The van der Waals surface area contributed by atoms with Gasteiger partial charge in [0.05, 0.1) is 13.7 Å². The van der Waals surface area contributed by atoms with Crippen LogP contribution in [0.4, 0.5) is 0 Å². The topological polar surface area (TPSA) is 80.7 Å². The van der Waals surface area contributed by atoms with Crippen LogP contribution in [0.15, 0.2) is 59.8 Å². The second-order valence-corrected chi connectivity index (χ2v) is 8.57. The van der Waals surface area contributed by atoms with E-state index in [4.69, 9.17) is 14.3 Å². The zero-order valence-corrected chi connectivity index (χ0v) is 20.7. The van der Waals surface area contributed by atoms with E-state index in [0.29, 0.717) is 24.7 Å². The van der Waals surface area contributed by atoms with E-state index in [2.05, 4.69) is 5.16 Å². The maximum absolute atomic E-state index is 12.4. The molecular weight excluding hydrogens is 446 g/mol. The summed E-state index contributed by atoms with van der Waals surface area (Å²) >= 11 is 0. The van der Waals surface area contributed by atoms with Gasteiger partial charge in [0.15, 0.2) is 6.61 Å². The van der Waals surface area contributed by atoms with Crippen LogP contribution in [0.5, 0.6) is 5.75 Å². The van der Waals surface area contributed by atoms with Crippen molar-refractivity contribution in [3.8, 4) is 5.75 Å². The standard InChI is InChI=1S/C27H35N3O5/c1-29(19-26(31)30-17-7-4-8-18-30)27(32)21-34-24-14-11-22(12-15-24)13-16-25(33-2)28-35-20-23-9-5-3-6-10-23/h3,5-6,9-12,14-15H,4,7-8,13,16-21H2,1-2H3. The molecular formula is C27H35N3O5. The van der Waals surface area contributed by atoms with Gasteiger partial charge in [-0.15, -0.1) is 0 Å². The third-order valence-corrected chi connectivity index (χ3v) is 5.90. The van der Waals surface area contributed by atoms with Crippen molar-refractivity contribution in [2.24, 2.45) is 5.16 Å². The number of methoxy groups -OCH3 is 1. The lowest BCUT2D eigenvalue weighted by Crippen LogP contribution is -2.44. The van der Waals surface area contributed by atoms with Crippen molar-refractivity contribution in [1.82, 2.24) is 9.80 Å². The summed E-state index contributed by atoms with van der Waals surface area (Å²) in [5.74, 6) is 0.892. The summed E-state index contributed by atoms with van der Waals surface area (Å²) in [7, 11) is 3.21. The quantitative estimate of drug-likeness (QED) is 0.278. The van der Waals surface area contributed by atoms with Crippen LogP contribution >= 0.6 is 0 Å². The van der Waals surface area contributed by atoms with E-state index >= 15 is 0 Å². The van der Waals surface area contributed by atoms with Crippen LogP contribution in [0.25, 0.3) is 0 Å². The summed E-state index contributed by atoms with van der Waals surface area (Å²) in [5, 5.41) is 4.09. The van der Waals surface area contributed by atoms with Gasteiger partial charge < -0.3 is 24.1 Å². The van der Waals surface area contributed by atoms with E-state index in [0.717, 1.165) is 49.9 Å². The van der Waals surface area contributed by atoms with Crippen LogP contribution in [-0.2, 0) is 32.2 Å². The molecule has 0 unspecified atom stereocenters. The van der Waals surface area contributed by atoms with Gasteiger partial charge in [-0.3, -0.25) is 9.59 Å². The summed E-state index contributed by atoms with van der Waals surface area (Å²) in [6.45, 7) is 1.92. The lowest BCUT2D eigenvalue weighted by Gasteiger charge is -2.28. The molecule has 188 valence electrons. The molecule has 0 bridgehead atoms. The van der Waals surface area contributed by atoms with Crippen molar-refractivity contribution in [3.05, 3.63) is 65.7 Å². The summed E-state index contributed by atoms with van der Waals surface area (Å²) in [5.41, 5.74) is 2.13. The molecule has 2 amide bonds. The highest BCUT2D eigenvalue weighted by atomic mass is 16.6. The predicted octanol–water partition coefficient (Wildman–Crippen LogP) is 3.65. The molecule has 2 aromatic carbocycles. The molecule has 1 aliphatic rings. The van der Waals surface area contributed by atoms with Crippen LogP contribution in [0.1, 0.15) is 36.8 Å². The molecule has 2 aromatic rings. The number of piperidine rings is 1. The number of ether oxygens (including phenoxy) is 2.